The molecule has 114 valence electrons. The van der Waals surface area contributed by atoms with E-state index in [2.05, 4.69) is 0 Å². The molecule has 0 fully saturated rings. The standard InChI is InChI=1S/C17H21NO2.ClH/c1-12-8-15(16(18)10-19)9-13(2)17(12)20-11-14-6-4-3-5-7-14;/h3-9,16,19H,10-11,18H2,1-2H3;1H/t16-;/m1./s1. The van der Waals surface area contributed by atoms with E-state index in [1.807, 2.05) is 56.3 Å². The van der Waals surface area contributed by atoms with Crippen LogP contribution in [-0.4, -0.2) is 11.7 Å². The second-order valence-electron chi connectivity index (χ2n) is 5.05. The van der Waals surface area contributed by atoms with E-state index >= 15 is 0 Å². The molecule has 21 heavy (non-hydrogen) atoms. The Morgan fingerprint density at radius 3 is 2.19 bits per heavy atom. The van der Waals surface area contributed by atoms with E-state index in [1.165, 1.54) is 0 Å². The summed E-state index contributed by atoms with van der Waals surface area (Å²) in [4.78, 5) is 0. The molecule has 0 bridgehead atoms. The summed E-state index contributed by atoms with van der Waals surface area (Å²) in [6.07, 6.45) is 0. The van der Waals surface area contributed by atoms with Gasteiger partial charge in [0.05, 0.1) is 12.6 Å². The van der Waals surface area contributed by atoms with Crippen molar-refractivity contribution in [3.05, 3.63) is 64.7 Å². The number of hydrogen-bond acceptors (Lipinski definition) is 3. The molecule has 0 radical (unpaired) electrons. The molecule has 0 aromatic heterocycles. The molecule has 0 amide bonds. The van der Waals surface area contributed by atoms with Crippen LogP contribution in [0.5, 0.6) is 5.75 Å². The first-order valence-corrected chi connectivity index (χ1v) is 6.76. The Bertz CT molecular complexity index is 549. The highest BCUT2D eigenvalue weighted by Gasteiger charge is 2.11. The summed E-state index contributed by atoms with van der Waals surface area (Å²) in [6.45, 7) is 4.50. The molecular formula is C17H22ClNO2. The molecule has 0 saturated heterocycles. The van der Waals surface area contributed by atoms with E-state index in [-0.39, 0.29) is 25.1 Å². The first-order chi connectivity index (χ1) is 9.61. The Morgan fingerprint density at radius 1 is 1.10 bits per heavy atom. The summed E-state index contributed by atoms with van der Waals surface area (Å²) in [5.74, 6) is 0.891. The van der Waals surface area contributed by atoms with Crippen LogP contribution in [0.25, 0.3) is 0 Å². The van der Waals surface area contributed by atoms with Crippen LogP contribution in [-0.2, 0) is 6.61 Å². The zero-order chi connectivity index (χ0) is 14.5. The van der Waals surface area contributed by atoms with Gasteiger partial charge in [-0.1, -0.05) is 42.5 Å². The number of rotatable bonds is 5. The van der Waals surface area contributed by atoms with Crippen molar-refractivity contribution >= 4 is 12.4 Å². The molecule has 0 heterocycles. The van der Waals surface area contributed by atoms with Gasteiger partial charge in [-0.2, -0.15) is 0 Å². The van der Waals surface area contributed by atoms with E-state index < -0.39 is 0 Å². The maximum Gasteiger partial charge on any atom is 0.125 e. The fourth-order valence-electron chi connectivity index (χ4n) is 2.26. The van der Waals surface area contributed by atoms with Crippen molar-refractivity contribution in [2.75, 3.05) is 6.61 Å². The minimum Gasteiger partial charge on any atom is -0.488 e. The minimum absolute atomic E-state index is 0. The van der Waals surface area contributed by atoms with Gasteiger partial charge in [-0.15, -0.1) is 12.4 Å². The Labute approximate surface area is 132 Å². The number of ether oxygens (including phenoxy) is 1. The second-order valence-corrected chi connectivity index (χ2v) is 5.05. The molecule has 4 heteroatoms. The quantitative estimate of drug-likeness (QED) is 0.891. The topological polar surface area (TPSA) is 55.5 Å². The summed E-state index contributed by atoms with van der Waals surface area (Å²) >= 11 is 0. The molecule has 0 spiro atoms. The molecule has 2 aromatic rings. The number of nitrogens with two attached hydrogens (primary N) is 1. The van der Waals surface area contributed by atoms with Gasteiger partial charge in [0.2, 0.25) is 0 Å². The van der Waals surface area contributed by atoms with Gasteiger partial charge in [0, 0.05) is 0 Å². The van der Waals surface area contributed by atoms with Crippen LogP contribution in [0.15, 0.2) is 42.5 Å². The summed E-state index contributed by atoms with van der Waals surface area (Å²) in [7, 11) is 0. The molecule has 0 unspecified atom stereocenters. The number of aryl methyl sites for hydroxylation is 2. The van der Waals surface area contributed by atoms with Crippen molar-refractivity contribution in [1.82, 2.24) is 0 Å². The lowest BCUT2D eigenvalue weighted by Crippen LogP contribution is -2.15. The van der Waals surface area contributed by atoms with Gasteiger partial charge in [-0.25, -0.2) is 0 Å². The number of hydrogen-bond donors (Lipinski definition) is 2. The summed E-state index contributed by atoms with van der Waals surface area (Å²) in [5.41, 5.74) is 10.0. The van der Waals surface area contributed by atoms with Gasteiger partial charge in [0.1, 0.15) is 12.4 Å². The highest BCUT2D eigenvalue weighted by molar-refractivity contribution is 5.85. The van der Waals surface area contributed by atoms with Gasteiger partial charge in [-0.3, -0.25) is 0 Å². The van der Waals surface area contributed by atoms with E-state index in [1.54, 1.807) is 0 Å². The number of halogens is 1. The number of benzene rings is 2. The Kier molecular flexibility index (Phi) is 6.69. The third-order valence-electron chi connectivity index (χ3n) is 3.33. The molecule has 0 aliphatic rings. The average molecular weight is 308 g/mol. The average Bonchev–Trinajstić information content (AvgIpc) is 2.46. The van der Waals surface area contributed by atoms with E-state index in [4.69, 9.17) is 15.6 Å². The molecule has 2 aromatic carbocycles. The maximum absolute atomic E-state index is 9.14. The normalized spacial score (nSPS) is 11.6. The third kappa shape index (κ3) is 4.46. The van der Waals surface area contributed by atoms with Crippen LogP contribution in [0.4, 0.5) is 0 Å². The zero-order valence-corrected chi connectivity index (χ0v) is 13.2. The van der Waals surface area contributed by atoms with Crippen molar-refractivity contribution in [3.63, 3.8) is 0 Å². The van der Waals surface area contributed by atoms with Crippen LogP contribution < -0.4 is 10.5 Å². The zero-order valence-electron chi connectivity index (χ0n) is 12.4. The maximum atomic E-state index is 9.14. The van der Waals surface area contributed by atoms with Crippen molar-refractivity contribution < 1.29 is 9.84 Å². The van der Waals surface area contributed by atoms with Gasteiger partial charge < -0.3 is 15.6 Å². The lowest BCUT2D eigenvalue weighted by Gasteiger charge is -2.16. The fourth-order valence-corrected chi connectivity index (χ4v) is 2.26. The molecule has 3 nitrogen and oxygen atoms in total. The van der Waals surface area contributed by atoms with Crippen LogP contribution in [0.3, 0.4) is 0 Å². The van der Waals surface area contributed by atoms with E-state index in [9.17, 15) is 0 Å². The lowest BCUT2D eigenvalue weighted by atomic mass is 10.0. The summed E-state index contributed by atoms with van der Waals surface area (Å²) < 4.78 is 5.92. The van der Waals surface area contributed by atoms with Crippen LogP contribution in [0.2, 0.25) is 0 Å². The monoisotopic (exact) mass is 307 g/mol. The molecule has 3 N–H and O–H groups in total. The molecule has 1 atom stereocenters. The highest BCUT2D eigenvalue weighted by atomic mass is 35.5. The Hall–Kier alpha value is -1.55. The predicted molar refractivity (Wildman–Crippen MR) is 88.0 cm³/mol. The minimum atomic E-state index is -0.337. The first-order valence-electron chi connectivity index (χ1n) is 6.76. The fraction of sp³-hybridized carbons (Fsp3) is 0.294. The van der Waals surface area contributed by atoms with Crippen LogP contribution >= 0.6 is 12.4 Å². The Morgan fingerprint density at radius 2 is 1.67 bits per heavy atom. The SMILES string of the molecule is Cc1cc([C@H](N)CO)cc(C)c1OCc1ccccc1.Cl. The van der Waals surface area contributed by atoms with Crippen LogP contribution in [0.1, 0.15) is 28.3 Å². The third-order valence-corrected chi connectivity index (χ3v) is 3.33. The molecular weight excluding hydrogens is 286 g/mol. The van der Waals surface area contributed by atoms with Gasteiger partial charge in [-0.05, 0) is 36.1 Å². The second kappa shape index (κ2) is 8.03. The van der Waals surface area contributed by atoms with E-state index in [0.29, 0.717) is 6.61 Å². The van der Waals surface area contributed by atoms with Gasteiger partial charge in [0.15, 0.2) is 0 Å². The lowest BCUT2D eigenvalue weighted by molar-refractivity contribution is 0.267. The Balaban J connectivity index is 0.00000220. The van der Waals surface area contributed by atoms with Gasteiger partial charge in [0.25, 0.3) is 0 Å². The van der Waals surface area contributed by atoms with Crippen molar-refractivity contribution in [3.8, 4) is 5.75 Å². The molecule has 0 aliphatic heterocycles. The molecule has 0 saturated carbocycles. The molecule has 0 aliphatic carbocycles. The van der Waals surface area contributed by atoms with Crippen LogP contribution in [0, 0.1) is 13.8 Å². The van der Waals surface area contributed by atoms with E-state index in [0.717, 1.165) is 28.0 Å². The predicted octanol–water partition coefficient (Wildman–Crippen LogP) is 3.30. The number of aliphatic hydroxyl groups is 1. The summed E-state index contributed by atoms with van der Waals surface area (Å²) in [5, 5.41) is 9.14. The van der Waals surface area contributed by atoms with Crippen molar-refractivity contribution in [2.24, 2.45) is 5.73 Å². The van der Waals surface area contributed by atoms with Crippen molar-refractivity contribution in [2.45, 2.75) is 26.5 Å². The smallest absolute Gasteiger partial charge is 0.125 e. The highest BCUT2D eigenvalue weighted by Crippen LogP contribution is 2.27. The first kappa shape index (κ1) is 17.5. The molecule has 2 rings (SSSR count). The largest absolute Gasteiger partial charge is 0.488 e. The van der Waals surface area contributed by atoms with Gasteiger partial charge >= 0.3 is 0 Å². The van der Waals surface area contributed by atoms with Crippen molar-refractivity contribution in [1.29, 1.82) is 0 Å². The summed E-state index contributed by atoms with van der Waals surface area (Å²) in [6, 6.07) is 13.7. The number of aliphatic hydroxyl groups excluding tert-OH is 1.